The zero-order chi connectivity index (χ0) is 16.5. The number of aliphatic hydroxyl groups excluding tert-OH is 2. The summed E-state index contributed by atoms with van der Waals surface area (Å²) in [6.45, 7) is 0.867. The number of ether oxygens (including phenoxy) is 2. The first-order chi connectivity index (χ1) is 10.4. The molecule has 0 aliphatic heterocycles. The van der Waals surface area contributed by atoms with Gasteiger partial charge in [0.25, 0.3) is 0 Å². The van der Waals surface area contributed by atoms with E-state index in [-0.39, 0.29) is 23.0 Å². The van der Waals surface area contributed by atoms with Gasteiger partial charge in [-0.05, 0) is 6.92 Å². The first-order valence-corrected chi connectivity index (χ1v) is 6.45. The highest BCUT2D eigenvalue weighted by atomic mass is 16.5. The summed E-state index contributed by atoms with van der Waals surface area (Å²) in [6, 6.07) is 0. The molecule has 2 rings (SSSR count). The van der Waals surface area contributed by atoms with Crippen LogP contribution in [0.2, 0.25) is 0 Å². The van der Waals surface area contributed by atoms with E-state index in [0.29, 0.717) is 0 Å². The van der Waals surface area contributed by atoms with Gasteiger partial charge in [-0.2, -0.15) is 9.97 Å². The van der Waals surface area contributed by atoms with Crippen LogP contribution in [-0.2, 0) is 10.5 Å². The summed E-state index contributed by atoms with van der Waals surface area (Å²) in [6.07, 6.45) is -1.16. The predicted octanol–water partition coefficient (Wildman–Crippen LogP) is -1.55. The van der Waals surface area contributed by atoms with Crippen molar-refractivity contribution in [1.82, 2.24) is 19.5 Å². The third-order valence-corrected chi connectivity index (χ3v) is 3.46. The lowest BCUT2D eigenvalue weighted by Gasteiger charge is -2.34. The van der Waals surface area contributed by atoms with Crippen molar-refractivity contribution < 1.29 is 24.8 Å². The Kier molecular flexibility index (Phi) is 4.47. The number of methoxy groups -OCH3 is 2. The fourth-order valence-corrected chi connectivity index (χ4v) is 2.16. The van der Waals surface area contributed by atoms with Gasteiger partial charge in [0.2, 0.25) is 11.8 Å². The predicted molar refractivity (Wildman–Crippen MR) is 76.0 cm³/mol. The highest BCUT2D eigenvalue weighted by Crippen LogP contribution is 2.28. The van der Waals surface area contributed by atoms with Crippen LogP contribution in [0.15, 0.2) is 6.33 Å². The van der Waals surface area contributed by atoms with E-state index in [0.717, 1.165) is 0 Å². The van der Waals surface area contributed by atoms with Gasteiger partial charge in [0, 0.05) is 7.11 Å². The van der Waals surface area contributed by atoms with Crippen LogP contribution >= 0.6 is 0 Å². The number of rotatable bonds is 6. The molecule has 0 saturated heterocycles. The van der Waals surface area contributed by atoms with E-state index >= 15 is 0 Å². The molecule has 10 nitrogen and oxygen atoms in total. The van der Waals surface area contributed by atoms with Crippen molar-refractivity contribution in [3.63, 3.8) is 0 Å². The van der Waals surface area contributed by atoms with Gasteiger partial charge in [0.05, 0.1) is 20.0 Å². The van der Waals surface area contributed by atoms with Crippen molar-refractivity contribution >= 4 is 17.1 Å². The Morgan fingerprint density at radius 1 is 1.41 bits per heavy atom. The summed E-state index contributed by atoms with van der Waals surface area (Å²) >= 11 is 0. The Balaban J connectivity index is 2.56. The smallest absolute Gasteiger partial charge is 0.246 e. The monoisotopic (exact) mass is 313 g/mol. The average molecular weight is 313 g/mol. The third kappa shape index (κ3) is 2.57. The summed E-state index contributed by atoms with van der Waals surface area (Å²) in [7, 11) is 2.72. The number of aromatic nitrogens is 4. The lowest BCUT2D eigenvalue weighted by Crippen LogP contribution is -2.50. The number of anilines is 1. The molecule has 0 radical (unpaired) electrons. The van der Waals surface area contributed by atoms with Crippen molar-refractivity contribution in [2.24, 2.45) is 0 Å². The summed E-state index contributed by atoms with van der Waals surface area (Å²) < 4.78 is 11.2. The summed E-state index contributed by atoms with van der Waals surface area (Å²) in [5.41, 5.74) is 4.21. The molecule has 0 spiro atoms. The maximum absolute atomic E-state index is 10.7. The molecule has 22 heavy (non-hydrogen) atoms. The van der Waals surface area contributed by atoms with Crippen LogP contribution in [0.1, 0.15) is 6.92 Å². The lowest BCUT2D eigenvalue weighted by molar-refractivity contribution is -0.174. The van der Waals surface area contributed by atoms with Gasteiger partial charge in [-0.3, -0.25) is 4.57 Å². The molecule has 0 bridgehead atoms. The van der Waals surface area contributed by atoms with Crippen LogP contribution in [-0.4, -0.2) is 67.9 Å². The maximum atomic E-state index is 10.7. The Hall–Kier alpha value is -2.01. The number of fused-ring (bicyclic) bond motifs is 1. The van der Waals surface area contributed by atoms with Crippen molar-refractivity contribution in [2.45, 2.75) is 24.9 Å². The standard InChI is InChI=1S/C12H19N5O5/c1-12(20,8(19)6(4-18)21-2)17-5-14-7-9(17)15-11(13)16-10(7)22-3/h5-6,8,18-20H,4H2,1-3H3,(H2,13,15,16). The summed E-state index contributed by atoms with van der Waals surface area (Å²) in [4.78, 5) is 12.0. The van der Waals surface area contributed by atoms with Gasteiger partial charge in [-0.1, -0.05) is 0 Å². The van der Waals surface area contributed by atoms with E-state index in [1.807, 2.05) is 0 Å². The van der Waals surface area contributed by atoms with Crippen LogP contribution in [0.3, 0.4) is 0 Å². The van der Waals surface area contributed by atoms with E-state index in [2.05, 4.69) is 15.0 Å². The summed E-state index contributed by atoms with van der Waals surface area (Å²) in [5.74, 6) is 0.0822. The highest BCUT2D eigenvalue weighted by molar-refractivity contribution is 5.77. The minimum atomic E-state index is -1.86. The molecule has 0 amide bonds. The Morgan fingerprint density at radius 3 is 2.64 bits per heavy atom. The van der Waals surface area contributed by atoms with Crippen LogP contribution in [0.4, 0.5) is 5.95 Å². The topological polar surface area (TPSA) is 149 Å². The average Bonchev–Trinajstić information content (AvgIpc) is 2.91. The molecule has 0 aliphatic carbocycles. The lowest BCUT2D eigenvalue weighted by atomic mass is 10.0. The SMILES string of the molecule is COc1nc(N)nc2c1ncn2C(C)(O)C(O)C(CO)OC. The number of nitrogens with zero attached hydrogens (tertiary/aromatic N) is 4. The van der Waals surface area contributed by atoms with E-state index in [1.54, 1.807) is 0 Å². The second kappa shape index (κ2) is 6.01. The van der Waals surface area contributed by atoms with Gasteiger partial charge in [0.1, 0.15) is 12.2 Å². The zero-order valence-electron chi connectivity index (χ0n) is 12.5. The second-order valence-corrected chi connectivity index (χ2v) is 4.87. The molecule has 10 heteroatoms. The van der Waals surface area contributed by atoms with Gasteiger partial charge < -0.3 is 30.5 Å². The largest absolute Gasteiger partial charge is 0.479 e. The quantitative estimate of drug-likeness (QED) is 0.497. The van der Waals surface area contributed by atoms with Crippen LogP contribution in [0.5, 0.6) is 5.88 Å². The molecular weight excluding hydrogens is 294 g/mol. The van der Waals surface area contributed by atoms with Gasteiger partial charge in [-0.25, -0.2) is 4.98 Å². The van der Waals surface area contributed by atoms with E-state index in [9.17, 15) is 15.3 Å². The van der Waals surface area contributed by atoms with E-state index < -0.39 is 24.5 Å². The van der Waals surface area contributed by atoms with Crippen LogP contribution in [0.25, 0.3) is 11.2 Å². The van der Waals surface area contributed by atoms with Gasteiger partial charge >= 0.3 is 0 Å². The van der Waals surface area contributed by atoms with E-state index in [4.69, 9.17) is 15.2 Å². The van der Waals surface area contributed by atoms with Crippen molar-refractivity contribution in [2.75, 3.05) is 26.6 Å². The third-order valence-electron chi connectivity index (χ3n) is 3.46. The maximum Gasteiger partial charge on any atom is 0.246 e. The Labute approximate surface area is 126 Å². The zero-order valence-corrected chi connectivity index (χ0v) is 12.5. The molecule has 0 aliphatic rings. The van der Waals surface area contributed by atoms with Crippen molar-refractivity contribution in [3.8, 4) is 5.88 Å². The van der Waals surface area contributed by atoms with Crippen LogP contribution < -0.4 is 10.5 Å². The minimum absolute atomic E-state index is 0.0677. The number of hydrogen-bond acceptors (Lipinski definition) is 9. The van der Waals surface area contributed by atoms with Gasteiger partial charge in [-0.15, -0.1) is 0 Å². The first-order valence-electron chi connectivity index (χ1n) is 6.45. The molecular formula is C12H19N5O5. The molecule has 0 saturated carbocycles. The molecule has 2 aromatic rings. The molecule has 2 aromatic heterocycles. The summed E-state index contributed by atoms with van der Waals surface area (Å²) in [5, 5.41) is 30.2. The fourth-order valence-electron chi connectivity index (χ4n) is 2.16. The number of nitrogens with two attached hydrogens (primary N) is 1. The Morgan fingerprint density at radius 2 is 2.09 bits per heavy atom. The van der Waals surface area contributed by atoms with Crippen LogP contribution in [0, 0.1) is 0 Å². The molecule has 0 aromatic carbocycles. The van der Waals surface area contributed by atoms with E-state index in [1.165, 1.54) is 32.0 Å². The number of hydrogen-bond donors (Lipinski definition) is 4. The molecule has 2 heterocycles. The number of aliphatic hydroxyl groups is 3. The molecule has 122 valence electrons. The minimum Gasteiger partial charge on any atom is -0.479 e. The van der Waals surface area contributed by atoms with Crippen molar-refractivity contribution in [3.05, 3.63) is 6.33 Å². The molecule has 3 unspecified atom stereocenters. The second-order valence-electron chi connectivity index (χ2n) is 4.87. The molecule has 0 fully saturated rings. The normalized spacial score (nSPS) is 17.2. The van der Waals surface area contributed by atoms with Gasteiger partial charge in [0.15, 0.2) is 16.9 Å². The first kappa shape index (κ1) is 16.4. The Bertz CT molecular complexity index is 655. The molecule has 5 N–H and O–H groups in total. The highest BCUT2D eigenvalue weighted by Gasteiger charge is 2.39. The number of imidazole rings is 1. The fraction of sp³-hybridized carbons (Fsp3) is 0.583. The molecule has 3 atom stereocenters. The van der Waals surface area contributed by atoms with Crippen molar-refractivity contribution in [1.29, 1.82) is 0 Å². The number of nitrogen functional groups attached to an aromatic ring is 1.